The van der Waals surface area contributed by atoms with Gasteiger partial charge in [-0.25, -0.2) is 0 Å². The van der Waals surface area contributed by atoms with Crippen molar-refractivity contribution < 1.29 is 4.79 Å². The summed E-state index contributed by atoms with van der Waals surface area (Å²) in [5, 5.41) is 10.1. The van der Waals surface area contributed by atoms with Gasteiger partial charge in [0.2, 0.25) is 5.91 Å². The molecule has 0 spiro atoms. The second-order valence-electron chi connectivity index (χ2n) is 6.86. The van der Waals surface area contributed by atoms with E-state index in [-0.39, 0.29) is 17.2 Å². The smallest absolute Gasteiger partial charge is 0.228 e. The summed E-state index contributed by atoms with van der Waals surface area (Å²) in [5.41, 5.74) is 6.71. The predicted octanol–water partition coefficient (Wildman–Crippen LogP) is 2.41. The molecule has 112 valence electrons. The maximum Gasteiger partial charge on any atom is 0.228 e. The molecule has 0 radical (unpaired) electrons. The van der Waals surface area contributed by atoms with Crippen molar-refractivity contribution in [3.63, 3.8) is 0 Å². The molecule has 1 aliphatic carbocycles. The third kappa shape index (κ3) is 3.60. The molecular weight excluding hydrogens is 252 g/mol. The van der Waals surface area contributed by atoms with Gasteiger partial charge in [0.05, 0.1) is 0 Å². The number of aromatic nitrogens is 2. The average Bonchev–Trinajstić information content (AvgIpc) is 2.87. The van der Waals surface area contributed by atoms with Crippen LogP contribution in [0.15, 0.2) is 6.07 Å². The van der Waals surface area contributed by atoms with Crippen LogP contribution in [-0.4, -0.2) is 22.6 Å². The first-order valence-electron chi connectivity index (χ1n) is 7.47. The van der Waals surface area contributed by atoms with Gasteiger partial charge >= 0.3 is 0 Å². The molecule has 20 heavy (non-hydrogen) atoms. The van der Waals surface area contributed by atoms with Gasteiger partial charge in [0.1, 0.15) is 0 Å². The number of H-pyrrole nitrogens is 1. The predicted molar refractivity (Wildman–Crippen MR) is 80.4 cm³/mol. The zero-order valence-corrected chi connectivity index (χ0v) is 12.7. The summed E-state index contributed by atoms with van der Waals surface area (Å²) in [6, 6.07) is 1.92. The summed E-state index contributed by atoms with van der Waals surface area (Å²) < 4.78 is 0. The molecular formula is C15H26N4O. The minimum absolute atomic E-state index is 0.00909. The quantitative estimate of drug-likeness (QED) is 0.794. The van der Waals surface area contributed by atoms with E-state index < -0.39 is 0 Å². The number of carbonyl (C=O) groups excluding carboxylic acids is 1. The molecule has 0 unspecified atom stereocenters. The zero-order valence-electron chi connectivity index (χ0n) is 12.7. The van der Waals surface area contributed by atoms with Crippen LogP contribution in [0.2, 0.25) is 0 Å². The lowest BCUT2D eigenvalue weighted by atomic mass is 9.81. The second kappa shape index (κ2) is 5.95. The summed E-state index contributed by atoms with van der Waals surface area (Å²) in [4.78, 5) is 12.2. The molecule has 0 aromatic carbocycles. The molecule has 0 saturated heterocycles. The number of hydrogen-bond acceptors (Lipinski definition) is 3. The number of carbonyl (C=O) groups is 1. The third-order valence-electron chi connectivity index (χ3n) is 4.19. The second-order valence-corrected chi connectivity index (χ2v) is 6.86. The molecule has 1 aliphatic rings. The van der Waals surface area contributed by atoms with E-state index in [1.54, 1.807) is 0 Å². The van der Waals surface area contributed by atoms with Crippen LogP contribution in [0.5, 0.6) is 0 Å². The molecule has 0 aliphatic heterocycles. The molecule has 1 heterocycles. The van der Waals surface area contributed by atoms with E-state index in [1.807, 2.05) is 6.07 Å². The van der Waals surface area contributed by atoms with Crippen molar-refractivity contribution in [1.29, 1.82) is 0 Å². The number of rotatable bonds is 3. The van der Waals surface area contributed by atoms with E-state index in [2.05, 4.69) is 36.3 Å². The number of aromatic amines is 1. The Labute approximate surface area is 120 Å². The third-order valence-corrected chi connectivity index (χ3v) is 4.19. The number of amides is 1. The largest absolute Gasteiger partial charge is 0.330 e. The highest BCUT2D eigenvalue weighted by Gasteiger charge is 2.26. The molecule has 5 heteroatoms. The van der Waals surface area contributed by atoms with Crippen LogP contribution in [0, 0.1) is 11.8 Å². The molecule has 1 amide bonds. The maximum absolute atomic E-state index is 12.2. The van der Waals surface area contributed by atoms with E-state index in [0.717, 1.165) is 37.9 Å². The summed E-state index contributed by atoms with van der Waals surface area (Å²) in [6.07, 6.45) is 3.99. The topological polar surface area (TPSA) is 83.8 Å². The van der Waals surface area contributed by atoms with Gasteiger partial charge in [-0.2, -0.15) is 5.10 Å². The highest BCUT2D eigenvalue weighted by molar-refractivity contribution is 5.91. The van der Waals surface area contributed by atoms with Gasteiger partial charge in [0.25, 0.3) is 0 Å². The lowest BCUT2D eigenvalue weighted by Crippen LogP contribution is -2.29. The minimum atomic E-state index is 0.00909. The molecule has 1 aromatic rings. The summed E-state index contributed by atoms with van der Waals surface area (Å²) in [7, 11) is 0. The van der Waals surface area contributed by atoms with Crippen LogP contribution >= 0.6 is 0 Å². The number of anilines is 1. The van der Waals surface area contributed by atoms with Crippen molar-refractivity contribution >= 4 is 11.7 Å². The fourth-order valence-electron chi connectivity index (χ4n) is 2.66. The van der Waals surface area contributed by atoms with Crippen LogP contribution in [-0.2, 0) is 10.2 Å². The van der Waals surface area contributed by atoms with Crippen molar-refractivity contribution in [2.75, 3.05) is 11.9 Å². The van der Waals surface area contributed by atoms with E-state index in [4.69, 9.17) is 5.73 Å². The van der Waals surface area contributed by atoms with Crippen LogP contribution in [0.1, 0.15) is 52.1 Å². The maximum atomic E-state index is 12.2. The minimum Gasteiger partial charge on any atom is -0.330 e. The Hall–Kier alpha value is -1.36. The van der Waals surface area contributed by atoms with Crippen molar-refractivity contribution in [1.82, 2.24) is 10.2 Å². The lowest BCUT2D eigenvalue weighted by molar-refractivity contribution is -0.121. The first-order chi connectivity index (χ1) is 9.40. The molecule has 4 N–H and O–H groups in total. The summed E-state index contributed by atoms with van der Waals surface area (Å²) in [5.74, 6) is 1.41. The Morgan fingerprint density at radius 3 is 2.55 bits per heavy atom. The number of hydrogen-bond donors (Lipinski definition) is 3. The Morgan fingerprint density at radius 1 is 1.40 bits per heavy atom. The highest BCUT2D eigenvalue weighted by atomic mass is 16.1. The van der Waals surface area contributed by atoms with E-state index in [0.29, 0.717) is 11.7 Å². The van der Waals surface area contributed by atoms with Crippen molar-refractivity contribution in [3.8, 4) is 0 Å². The summed E-state index contributed by atoms with van der Waals surface area (Å²) >= 11 is 0. The Morgan fingerprint density at radius 2 is 2.05 bits per heavy atom. The summed E-state index contributed by atoms with van der Waals surface area (Å²) in [6.45, 7) is 7.07. The Balaban J connectivity index is 1.90. The van der Waals surface area contributed by atoms with E-state index in [9.17, 15) is 4.79 Å². The lowest BCUT2D eigenvalue weighted by Gasteiger charge is -2.26. The normalized spacial score (nSPS) is 23.6. The Bertz CT molecular complexity index is 453. The van der Waals surface area contributed by atoms with E-state index >= 15 is 0 Å². The molecule has 1 aromatic heterocycles. The monoisotopic (exact) mass is 278 g/mol. The van der Waals surface area contributed by atoms with Gasteiger partial charge < -0.3 is 11.1 Å². The van der Waals surface area contributed by atoms with Gasteiger partial charge in [0, 0.05) is 23.1 Å². The number of nitrogens with one attached hydrogen (secondary N) is 2. The molecule has 0 atom stereocenters. The van der Waals surface area contributed by atoms with Gasteiger partial charge in [-0.3, -0.25) is 9.89 Å². The van der Waals surface area contributed by atoms with Gasteiger partial charge in [-0.1, -0.05) is 20.8 Å². The molecule has 5 nitrogen and oxygen atoms in total. The molecule has 1 fully saturated rings. The van der Waals surface area contributed by atoms with Crippen LogP contribution in [0.25, 0.3) is 0 Å². The fourth-order valence-corrected chi connectivity index (χ4v) is 2.66. The number of nitrogens with zero attached hydrogens (tertiary/aromatic N) is 1. The van der Waals surface area contributed by atoms with E-state index in [1.165, 1.54) is 0 Å². The van der Waals surface area contributed by atoms with Crippen molar-refractivity contribution in [3.05, 3.63) is 11.8 Å². The molecule has 2 rings (SSSR count). The van der Waals surface area contributed by atoms with Crippen molar-refractivity contribution in [2.24, 2.45) is 17.6 Å². The van der Waals surface area contributed by atoms with Crippen LogP contribution in [0.3, 0.4) is 0 Å². The van der Waals surface area contributed by atoms with Crippen LogP contribution in [0.4, 0.5) is 5.82 Å². The molecule has 0 bridgehead atoms. The average molecular weight is 278 g/mol. The fraction of sp³-hybridized carbons (Fsp3) is 0.733. The first-order valence-corrected chi connectivity index (χ1v) is 7.47. The van der Waals surface area contributed by atoms with Gasteiger partial charge in [-0.15, -0.1) is 0 Å². The number of nitrogens with two attached hydrogens (primary N) is 1. The first kappa shape index (κ1) is 15.0. The zero-order chi connectivity index (χ0) is 14.8. The van der Waals surface area contributed by atoms with Crippen LogP contribution < -0.4 is 11.1 Å². The SMILES string of the molecule is CC(C)(C)c1cc(NC(=O)C2CCC(CN)CC2)n[nH]1. The van der Waals surface area contributed by atoms with Crippen molar-refractivity contribution in [2.45, 2.75) is 51.9 Å². The van der Waals surface area contributed by atoms with Gasteiger partial charge in [-0.05, 0) is 38.1 Å². The Kier molecular flexibility index (Phi) is 4.48. The highest BCUT2D eigenvalue weighted by Crippen LogP contribution is 2.29. The molecule has 1 saturated carbocycles. The van der Waals surface area contributed by atoms with Gasteiger partial charge in [0.15, 0.2) is 5.82 Å². The standard InChI is InChI=1S/C15H26N4O/c1-15(2,3)12-8-13(19-18-12)17-14(20)11-6-4-10(9-16)5-7-11/h8,10-11H,4-7,9,16H2,1-3H3,(H2,17,18,19,20).